The highest BCUT2D eigenvalue weighted by atomic mass is 35.5. The zero-order chi connectivity index (χ0) is 42.9. The SMILES string of the molecule is CCC[C@H]1OC(=O)[C@@](C)(F)C(=O)[C@H](C)[C@@H](O[C@@H]2O[C@H](C)C[C@H](N(C)C)[C@H]2O)[C@](C)(OC/C=C/c2cnc3ccc(Cl)cc3c2)C[C@@H](C)C(=O)[C@H](C)[C@@H]2NC(=O)O[C@]12C. The van der Waals surface area contributed by atoms with Crippen molar-refractivity contribution in [1.29, 1.82) is 0 Å². The summed E-state index contributed by atoms with van der Waals surface area (Å²) in [6.07, 6.45) is -0.000547. The molecule has 0 bridgehead atoms. The first-order valence-corrected chi connectivity index (χ1v) is 20.5. The average Bonchev–Trinajstić information content (AvgIpc) is 3.48. The number of esters is 1. The van der Waals surface area contributed by atoms with Gasteiger partial charge in [0.1, 0.15) is 18.0 Å². The Morgan fingerprint density at radius 1 is 1.09 bits per heavy atom. The van der Waals surface area contributed by atoms with Gasteiger partial charge < -0.3 is 39.0 Å². The second-order valence-corrected chi connectivity index (χ2v) is 17.5. The Kier molecular flexibility index (Phi) is 14.1. The lowest BCUT2D eigenvalue weighted by molar-refractivity contribution is -0.297. The molecule has 3 aliphatic heterocycles. The van der Waals surface area contributed by atoms with Gasteiger partial charge in [0.05, 0.1) is 36.0 Å². The molecule has 1 aromatic carbocycles. The topological polar surface area (TPSA) is 163 Å². The quantitative estimate of drug-likeness (QED) is 0.216. The van der Waals surface area contributed by atoms with Gasteiger partial charge in [0.15, 0.2) is 17.7 Å². The van der Waals surface area contributed by atoms with Gasteiger partial charge in [-0.3, -0.25) is 14.6 Å². The first-order chi connectivity index (χ1) is 27.1. The van der Waals surface area contributed by atoms with Crippen LogP contribution in [0.3, 0.4) is 0 Å². The van der Waals surface area contributed by atoms with Crippen LogP contribution in [0.2, 0.25) is 5.02 Å². The molecular formula is C43H59ClFN3O10. The standard InChI is InChI=1S/C43H59ClFN3O10/c1-11-13-32-43(8)35(47-40(53)58-43)25(4)33(49)23(2)21-41(6,54-17-12-14-27-19-28-20-29(44)15-16-30(28)46-22-27)37(26(5)36(51)42(7,45)39(52)56-32)57-38-34(50)31(48(9)10)18-24(3)55-38/h12,14-16,19-20,22-26,31-32,34-35,37-38,50H,11,13,17-18,21H2,1-10H3,(H,47,53)/b14-12+/t23-,24-,25+,26+,31+,32-,34-,35+,37-,38+,41-,42+,43-/m1/s1. The number of hydrogen-bond acceptors (Lipinski definition) is 12. The number of likely N-dealkylation sites (N-methyl/N-ethyl adjacent to an activating group) is 1. The van der Waals surface area contributed by atoms with Crippen LogP contribution in [0.5, 0.6) is 0 Å². The number of aliphatic hydroxyl groups excluding tert-OH is 1. The van der Waals surface area contributed by atoms with Crippen LogP contribution in [0.15, 0.2) is 36.5 Å². The van der Waals surface area contributed by atoms with Crippen molar-refractivity contribution in [2.75, 3.05) is 20.7 Å². The molecule has 0 unspecified atom stereocenters. The Morgan fingerprint density at radius 3 is 2.47 bits per heavy atom. The zero-order valence-electron chi connectivity index (χ0n) is 35.1. The van der Waals surface area contributed by atoms with E-state index in [-0.39, 0.29) is 31.3 Å². The number of benzene rings is 1. The Bertz CT molecular complexity index is 1880. The maximum absolute atomic E-state index is 17.0. The number of carbonyl (C=O) groups excluding carboxylic acids is 4. The molecule has 0 spiro atoms. The maximum atomic E-state index is 17.0. The molecule has 1 aromatic heterocycles. The summed E-state index contributed by atoms with van der Waals surface area (Å²) in [5.41, 5.74) is -4.82. The van der Waals surface area contributed by atoms with Crippen molar-refractivity contribution < 1.29 is 52.4 Å². The molecule has 13 nitrogen and oxygen atoms in total. The van der Waals surface area contributed by atoms with Gasteiger partial charge in [0.25, 0.3) is 5.67 Å². The van der Waals surface area contributed by atoms with E-state index in [0.717, 1.165) is 23.4 Å². The number of nitrogens with zero attached hydrogens (tertiary/aromatic N) is 2. The predicted molar refractivity (Wildman–Crippen MR) is 216 cm³/mol. The minimum atomic E-state index is -3.20. The Labute approximate surface area is 345 Å². The third kappa shape index (κ3) is 9.42. The fourth-order valence-corrected chi connectivity index (χ4v) is 9.06. The number of pyridine rings is 1. The smallest absolute Gasteiger partial charge is 0.408 e. The van der Waals surface area contributed by atoms with Crippen LogP contribution in [0.1, 0.15) is 86.6 Å². The van der Waals surface area contributed by atoms with Gasteiger partial charge in [-0.1, -0.05) is 57.9 Å². The molecule has 5 rings (SSSR count). The molecule has 13 atom stereocenters. The number of alkyl halides is 1. The van der Waals surface area contributed by atoms with E-state index in [1.54, 1.807) is 58.2 Å². The lowest BCUT2D eigenvalue weighted by Crippen LogP contribution is -2.61. The van der Waals surface area contributed by atoms with Gasteiger partial charge in [-0.25, -0.2) is 14.0 Å². The molecule has 15 heteroatoms. The number of cyclic esters (lactones) is 1. The van der Waals surface area contributed by atoms with Crippen molar-refractivity contribution in [3.63, 3.8) is 0 Å². The number of aliphatic hydroxyl groups is 1. The average molecular weight is 832 g/mol. The maximum Gasteiger partial charge on any atom is 0.408 e. The molecule has 2 N–H and O–H groups in total. The molecule has 4 heterocycles. The summed E-state index contributed by atoms with van der Waals surface area (Å²) in [6.45, 7) is 12.4. The van der Waals surface area contributed by atoms with Crippen molar-refractivity contribution >= 4 is 52.2 Å². The van der Waals surface area contributed by atoms with Gasteiger partial charge in [0.2, 0.25) is 0 Å². The molecule has 2 aromatic rings. The number of rotatable bonds is 9. The van der Waals surface area contributed by atoms with Gasteiger partial charge in [0, 0.05) is 40.4 Å². The molecule has 1 amide bonds. The summed E-state index contributed by atoms with van der Waals surface area (Å²) in [7, 11) is 3.64. The van der Waals surface area contributed by atoms with Crippen LogP contribution in [0.25, 0.3) is 17.0 Å². The minimum Gasteiger partial charge on any atom is -0.455 e. The molecule has 320 valence electrons. The Hall–Kier alpha value is -3.53. The molecule has 0 radical (unpaired) electrons. The fourth-order valence-electron chi connectivity index (χ4n) is 8.88. The van der Waals surface area contributed by atoms with Crippen LogP contribution >= 0.6 is 11.6 Å². The number of alkyl carbamates (subject to hydrolysis) is 1. The second-order valence-electron chi connectivity index (χ2n) is 17.1. The number of Topliss-reactive ketones (excluding diaryl/α,β-unsaturated/α-hetero) is 2. The molecule has 0 saturated carbocycles. The number of fused-ring (bicyclic) bond motifs is 2. The summed E-state index contributed by atoms with van der Waals surface area (Å²) in [6, 6.07) is 5.94. The lowest BCUT2D eigenvalue weighted by atomic mass is 9.73. The molecule has 3 aliphatic rings. The van der Waals surface area contributed by atoms with Crippen LogP contribution in [0.4, 0.5) is 9.18 Å². The lowest BCUT2D eigenvalue weighted by Gasteiger charge is -2.47. The van der Waals surface area contributed by atoms with Crippen molar-refractivity contribution in [2.24, 2.45) is 17.8 Å². The van der Waals surface area contributed by atoms with E-state index in [0.29, 0.717) is 17.9 Å². The molecular weight excluding hydrogens is 773 g/mol. The highest BCUT2D eigenvalue weighted by molar-refractivity contribution is 6.31. The Morgan fingerprint density at radius 2 is 1.79 bits per heavy atom. The fraction of sp³-hybridized carbons (Fsp3) is 0.651. The normalized spacial score (nSPS) is 38.0. The number of hydrogen-bond donors (Lipinski definition) is 2. The van der Waals surface area contributed by atoms with E-state index < -0.39 is 89.2 Å². The Balaban J connectivity index is 1.59. The van der Waals surface area contributed by atoms with Crippen LogP contribution in [-0.2, 0) is 38.1 Å². The summed E-state index contributed by atoms with van der Waals surface area (Å²) >= 11 is 6.22. The number of nitrogens with one attached hydrogen (secondary N) is 1. The number of aromatic nitrogens is 1. The van der Waals surface area contributed by atoms with Gasteiger partial charge in [-0.2, -0.15) is 0 Å². The highest BCUT2D eigenvalue weighted by Crippen LogP contribution is 2.41. The summed E-state index contributed by atoms with van der Waals surface area (Å²) < 4.78 is 47.9. The number of ketones is 2. The first kappa shape index (κ1) is 45.6. The third-order valence-corrected chi connectivity index (χ3v) is 12.4. The van der Waals surface area contributed by atoms with Crippen LogP contribution < -0.4 is 5.32 Å². The predicted octanol–water partition coefficient (Wildman–Crippen LogP) is 6.25. The van der Waals surface area contributed by atoms with E-state index in [4.69, 9.17) is 35.3 Å². The van der Waals surface area contributed by atoms with Gasteiger partial charge in [-0.05, 0) is 90.9 Å². The molecule has 3 saturated heterocycles. The summed E-state index contributed by atoms with van der Waals surface area (Å²) in [5.74, 6) is -5.98. The monoisotopic (exact) mass is 831 g/mol. The summed E-state index contributed by atoms with van der Waals surface area (Å²) in [4.78, 5) is 62.0. The van der Waals surface area contributed by atoms with E-state index in [1.807, 2.05) is 45.0 Å². The van der Waals surface area contributed by atoms with Crippen LogP contribution in [-0.4, -0.2) is 119 Å². The third-order valence-electron chi connectivity index (χ3n) is 12.1. The number of amides is 1. The molecule has 58 heavy (non-hydrogen) atoms. The second kappa shape index (κ2) is 18.0. The van der Waals surface area contributed by atoms with E-state index in [9.17, 15) is 24.3 Å². The highest BCUT2D eigenvalue weighted by Gasteiger charge is 2.59. The van der Waals surface area contributed by atoms with Crippen molar-refractivity contribution in [3.8, 4) is 0 Å². The molecule has 0 aliphatic carbocycles. The zero-order valence-corrected chi connectivity index (χ0v) is 35.9. The minimum absolute atomic E-state index is 0.0537. The van der Waals surface area contributed by atoms with E-state index in [1.165, 1.54) is 6.92 Å². The van der Waals surface area contributed by atoms with Crippen molar-refractivity contribution in [2.45, 2.75) is 141 Å². The number of carbonyl (C=O) groups is 4. The van der Waals surface area contributed by atoms with E-state index in [2.05, 4.69) is 10.3 Å². The molecule has 3 fully saturated rings. The number of ether oxygens (including phenoxy) is 5. The number of halogens is 2. The largest absolute Gasteiger partial charge is 0.455 e. The first-order valence-electron chi connectivity index (χ1n) is 20.1. The van der Waals surface area contributed by atoms with Gasteiger partial charge in [-0.15, -0.1) is 0 Å². The van der Waals surface area contributed by atoms with Crippen molar-refractivity contribution in [1.82, 2.24) is 15.2 Å². The van der Waals surface area contributed by atoms with Crippen molar-refractivity contribution in [3.05, 3.63) is 47.1 Å². The van der Waals surface area contributed by atoms with Crippen LogP contribution in [0, 0.1) is 17.8 Å². The van der Waals surface area contributed by atoms with E-state index >= 15 is 4.39 Å². The van der Waals surface area contributed by atoms with Gasteiger partial charge >= 0.3 is 12.1 Å². The summed E-state index contributed by atoms with van der Waals surface area (Å²) in [5, 5.41) is 15.7.